The summed E-state index contributed by atoms with van der Waals surface area (Å²) in [5, 5.41) is 2.76. The Morgan fingerprint density at radius 1 is 1.56 bits per heavy atom. The van der Waals surface area contributed by atoms with Gasteiger partial charge in [0.05, 0.1) is 11.4 Å². The average Bonchev–Trinajstić information content (AvgIpc) is 3.19. The molecule has 0 amide bonds. The van der Waals surface area contributed by atoms with Crippen molar-refractivity contribution < 1.29 is 14.3 Å². The molecule has 0 saturated carbocycles. The summed E-state index contributed by atoms with van der Waals surface area (Å²) in [7, 11) is 1.64. The Hall–Kier alpha value is -1.85. The first-order chi connectivity index (χ1) is 12.9. The lowest BCUT2D eigenvalue weighted by atomic mass is 10.1. The highest BCUT2D eigenvalue weighted by Crippen LogP contribution is 2.39. The second-order valence-electron chi connectivity index (χ2n) is 6.19. The molecule has 9 nitrogen and oxygen atoms in total. The number of carbonyl (C=O) groups is 1. The maximum Gasteiger partial charge on any atom is 0.311 e. The van der Waals surface area contributed by atoms with Crippen LogP contribution in [0.3, 0.4) is 0 Å². The fraction of sp³-hybridized carbons (Fsp3) is 0.625. The third kappa shape index (κ3) is 3.76. The number of carbonyl (C=O) groups excluding carboxylic acids is 1. The Labute approximate surface area is 163 Å². The smallest absolute Gasteiger partial charge is 0.311 e. The number of nitrogens with one attached hydrogen (secondary N) is 2. The number of aromatic nitrogens is 3. The molecule has 3 heterocycles. The van der Waals surface area contributed by atoms with E-state index >= 15 is 0 Å². The molecule has 0 bridgehead atoms. The van der Waals surface area contributed by atoms with Crippen molar-refractivity contribution in [2.24, 2.45) is 0 Å². The van der Waals surface area contributed by atoms with Gasteiger partial charge in [-0.15, -0.1) is 0 Å². The molecular formula is C16H22N4O5S2. The molecule has 11 heteroatoms. The Morgan fingerprint density at radius 2 is 2.30 bits per heavy atom. The molecule has 0 aromatic carbocycles. The summed E-state index contributed by atoms with van der Waals surface area (Å²) in [4.78, 5) is 42.9. The van der Waals surface area contributed by atoms with Crippen LogP contribution in [0.25, 0.3) is 10.3 Å². The van der Waals surface area contributed by atoms with Gasteiger partial charge in [-0.2, -0.15) is 16.7 Å². The van der Waals surface area contributed by atoms with Gasteiger partial charge in [-0.3, -0.25) is 23.9 Å². The molecule has 2 aromatic heterocycles. The predicted molar refractivity (Wildman–Crippen MR) is 106 cm³/mol. The van der Waals surface area contributed by atoms with E-state index in [0.29, 0.717) is 18.5 Å². The third-order valence-corrected chi connectivity index (χ3v) is 6.47. The number of nitrogens with zero attached hydrogens (tertiary/aromatic N) is 2. The standard InChI is InChI=1S/C16H22N4O5S2/c1-5-8(24-7(2)21)9-6-10(26-4)14(25-9)20-12-11(27-16(20)23)13(22)19-15(17-3)18-12/h8-10,14H,5-6H2,1-4H3,(H2,17,18,19,22)/t8?,9-,10+,14+/m0/s1. The maximum atomic E-state index is 12.7. The number of thioether (sulfide) groups is 1. The van der Waals surface area contributed by atoms with Crippen LogP contribution in [0.4, 0.5) is 5.95 Å². The second-order valence-corrected chi connectivity index (χ2v) is 8.22. The molecule has 1 aliphatic heterocycles. The highest BCUT2D eigenvalue weighted by molar-refractivity contribution is 7.99. The van der Waals surface area contributed by atoms with Crippen molar-refractivity contribution in [3.8, 4) is 0 Å². The number of ether oxygens (including phenoxy) is 2. The van der Waals surface area contributed by atoms with Crippen LogP contribution >= 0.6 is 23.1 Å². The topological polar surface area (TPSA) is 115 Å². The molecule has 0 radical (unpaired) electrons. The average molecular weight is 415 g/mol. The molecular weight excluding hydrogens is 392 g/mol. The van der Waals surface area contributed by atoms with Gasteiger partial charge in [0.2, 0.25) is 5.95 Å². The van der Waals surface area contributed by atoms with E-state index in [-0.39, 0.29) is 44.5 Å². The van der Waals surface area contributed by atoms with E-state index in [0.717, 1.165) is 11.3 Å². The van der Waals surface area contributed by atoms with Crippen LogP contribution in [0.2, 0.25) is 0 Å². The molecule has 0 spiro atoms. The molecule has 4 atom stereocenters. The van der Waals surface area contributed by atoms with Crippen LogP contribution in [-0.2, 0) is 14.3 Å². The van der Waals surface area contributed by atoms with Gasteiger partial charge in [-0.1, -0.05) is 18.3 Å². The number of hydrogen-bond donors (Lipinski definition) is 2. The van der Waals surface area contributed by atoms with Crippen LogP contribution in [0.1, 0.15) is 32.9 Å². The van der Waals surface area contributed by atoms with E-state index in [1.165, 1.54) is 11.5 Å². The molecule has 2 N–H and O–H groups in total. The van der Waals surface area contributed by atoms with Gasteiger partial charge >= 0.3 is 10.8 Å². The first-order valence-corrected chi connectivity index (χ1v) is 10.7. The van der Waals surface area contributed by atoms with E-state index in [1.807, 2.05) is 13.2 Å². The van der Waals surface area contributed by atoms with Crippen molar-refractivity contribution in [3.63, 3.8) is 0 Å². The number of H-pyrrole nitrogens is 1. The van der Waals surface area contributed by atoms with Gasteiger partial charge in [0, 0.05) is 14.0 Å². The van der Waals surface area contributed by atoms with E-state index in [9.17, 15) is 14.4 Å². The number of anilines is 1. The first kappa shape index (κ1) is 19.9. The number of hydrogen-bond acceptors (Lipinski definition) is 9. The Morgan fingerprint density at radius 3 is 2.89 bits per heavy atom. The number of rotatable bonds is 6. The summed E-state index contributed by atoms with van der Waals surface area (Å²) in [5.41, 5.74) is -0.0740. The first-order valence-electron chi connectivity index (χ1n) is 8.58. The van der Waals surface area contributed by atoms with Crippen LogP contribution < -0.4 is 15.7 Å². The molecule has 27 heavy (non-hydrogen) atoms. The highest BCUT2D eigenvalue weighted by atomic mass is 32.2. The Balaban J connectivity index is 2.03. The van der Waals surface area contributed by atoms with Gasteiger partial charge in [-0.25, -0.2) is 0 Å². The quantitative estimate of drug-likeness (QED) is 0.684. The predicted octanol–water partition coefficient (Wildman–Crippen LogP) is 1.55. The summed E-state index contributed by atoms with van der Waals surface area (Å²) in [5.74, 6) is -0.0831. The number of aromatic amines is 1. The van der Waals surface area contributed by atoms with E-state index in [2.05, 4.69) is 15.3 Å². The molecule has 148 valence electrons. The minimum atomic E-state index is -0.588. The number of thiazole rings is 1. The lowest BCUT2D eigenvalue weighted by molar-refractivity contribution is -0.156. The SMILES string of the molecule is CCC(OC(C)=O)[C@@H]1C[C@@H](SC)[C@H](n2c(=O)sc3c(=O)[nH]c(NC)nc32)O1. The van der Waals surface area contributed by atoms with Crippen molar-refractivity contribution in [3.05, 3.63) is 20.0 Å². The summed E-state index contributed by atoms with van der Waals surface area (Å²) in [6.07, 6.45) is 1.88. The van der Waals surface area contributed by atoms with E-state index in [4.69, 9.17) is 9.47 Å². The lowest BCUT2D eigenvalue weighted by Gasteiger charge is -2.22. The van der Waals surface area contributed by atoms with Crippen LogP contribution in [0, 0.1) is 0 Å². The molecule has 1 fully saturated rings. The zero-order valence-electron chi connectivity index (χ0n) is 15.5. The number of esters is 1. The van der Waals surface area contributed by atoms with Crippen molar-refractivity contribution in [1.82, 2.24) is 14.5 Å². The van der Waals surface area contributed by atoms with Crippen molar-refractivity contribution in [1.29, 1.82) is 0 Å². The monoisotopic (exact) mass is 414 g/mol. The molecule has 1 unspecified atom stereocenters. The van der Waals surface area contributed by atoms with Gasteiger partial charge < -0.3 is 14.8 Å². The summed E-state index contributed by atoms with van der Waals surface area (Å²) >= 11 is 2.42. The molecule has 1 saturated heterocycles. The van der Waals surface area contributed by atoms with Gasteiger partial charge in [0.15, 0.2) is 11.9 Å². The highest BCUT2D eigenvalue weighted by Gasteiger charge is 2.42. The van der Waals surface area contributed by atoms with Gasteiger partial charge in [0.1, 0.15) is 10.8 Å². The molecule has 2 aromatic rings. The minimum Gasteiger partial charge on any atom is -0.460 e. The van der Waals surface area contributed by atoms with Gasteiger partial charge in [-0.05, 0) is 19.1 Å². The molecule has 1 aliphatic rings. The van der Waals surface area contributed by atoms with Crippen LogP contribution in [0.15, 0.2) is 9.59 Å². The Bertz CT molecular complexity index is 952. The van der Waals surface area contributed by atoms with Crippen LogP contribution in [-0.4, -0.2) is 51.3 Å². The lowest BCUT2D eigenvalue weighted by Crippen LogP contribution is -2.31. The molecule has 3 rings (SSSR count). The van der Waals surface area contributed by atoms with E-state index in [1.54, 1.807) is 18.8 Å². The van der Waals surface area contributed by atoms with Gasteiger partial charge in [0.25, 0.3) is 5.56 Å². The second kappa shape index (κ2) is 8.03. The summed E-state index contributed by atoms with van der Waals surface area (Å²) in [6, 6.07) is 0. The normalized spacial score (nSPS) is 23.5. The van der Waals surface area contributed by atoms with Crippen LogP contribution in [0.5, 0.6) is 0 Å². The zero-order valence-corrected chi connectivity index (χ0v) is 17.1. The largest absolute Gasteiger partial charge is 0.460 e. The molecule has 0 aliphatic carbocycles. The number of fused-ring (bicyclic) bond motifs is 1. The maximum absolute atomic E-state index is 12.7. The van der Waals surface area contributed by atoms with Crippen molar-refractivity contribution in [2.45, 2.75) is 50.4 Å². The Kier molecular flexibility index (Phi) is 5.92. The summed E-state index contributed by atoms with van der Waals surface area (Å²) < 4.78 is 13.2. The van der Waals surface area contributed by atoms with Crippen molar-refractivity contribution >= 4 is 45.4 Å². The summed E-state index contributed by atoms with van der Waals surface area (Å²) in [6.45, 7) is 3.29. The minimum absolute atomic E-state index is 0.0331. The van der Waals surface area contributed by atoms with E-state index < -0.39 is 6.23 Å². The third-order valence-electron chi connectivity index (χ3n) is 4.50. The fourth-order valence-corrected chi connectivity index (χ4v) is 4.90. The van der Waals surface area contributed by atoms with Crippen molar-refractivity contribution in [2.75, 3.05) is 18.6 Å². The fourth-order valence-electron chi connectivity index (χ4n) is 3.25. The zero-order chi connectivity index (χ0) is 19.7.